The van der Waals surface area contributed by atoms with E-state index in [0.29, 0.717) is 0 Å². The van der Waals surface area contributed by atoms with E-state index < -0.39 is 39.3 Å². The third-order valence-corrected chi connectivity index (χ3v) is 27.5. The van der Waals surface area contributed by atoms with Gasteiger partial charge >= 0.3 is 0 Å². The topological polar surface area (TPSA) is 15.6 Å². The predicted molar refractivity (Wildman–Crippen MR) is 115 cm³/mol. The van der Waals surface area contributed by atoms with Crippen molar-refractivity contribution in [1.29, 1.82) is 0 Å². The number of hydrogen-bond donors (Lipinski definition) is 0. The fraction of sp³-hybridized carbons (Fsp3) is 1.00. The van der Waals surface area contributed by atoms with E-state index in [-0.39, 0.29) is 0 Å². The van der Waals surface area contributed by atoms with Gasteiger partial charge in [0.2, 0.25) is 0 Å². The molecule has 0 radical (unpaired) electrons. The first-order chi connectivity index (χ1) is 8.78. The molecule has 0 aliphatic rings. The van der Waals surface area contributed by atoms with Crippen LogP contribution in [0.1, 0.15) is 0 Å². The summed E-state index contributed by atoms with van der Waals surface area (Å²) in [4.78, 5) is 0. The van der Waals surface area contributed by atoms with Gasteiger partial charge in [0.1, 0.15) is 16.5 Å². The molecule has 0 saturated heterocycles. The van der Waals surface area contributed by atoms with Crippen LogP contribution < -0.4 is 0 Å². The molecule has 0 aromatic rings. The monoisotopic (exact) mass is 400 g/mol. The minimum absolute atomic E-state index is 1.17. The average Bonchev–Trinajstić information content (AvgIpc) is 1.83. The third-order valence-electron chi connectivity index (χ3n) is 2.71. The van der Waals surface area contributed by atoms with Gasteiger partial charge in [0, 0.05) is 5.79 Å². The molecule has 0 amide bonds. The second-order valence-corrected chi connectivity index (χ2v) is 35.9. The molecule has 0 heterocycles. The van der Waals surface area contributed by atoms with Crippen molar-refractivity contribution in [3.63, 3.8) is 0 Å². The highest BCUT2D eigenvalue weighted by Gasteiger charge is 2.45. The van der Waals surface area contributed by atoms with E-state index >= 15 is 0 Å². The highest BCUT2D eigenvalue weighted by molar-refractivity contribution is 7.93. The molecule has 0 aliphatic heterocycles. The zero-order valence-electron chi connectivity index (χ0n) is 16.4. The van der Waals surface area contributed by atoms with Crippen molar-refractivity contribution in [2.75, 3.05) is 5.79 Å². The van der Waals surface area contributed by atoms with Crippen LogP contribution in [-0.2, 0) is 0 Å². The SMILES string of the molecule is C[Si](C)(C)CP(Cl)(=N[Si](C)(C)C)N([Si](C)(C)C)[Si](C)(C)C. The second kappa shape index (κ2) is 6.69. The fourth-order valence-electron chi connectivity index (χ4n) is 3.14. The molecule has 0 saturated carbocycles. The summed E-state index contributed by atoms with van der Waals surface area (Å²) in [7, 11) is -5.80. The van der Waals surface area contributed by atoms with Gasteiger partial charge in [-0.3, -0.25) is 0 Å². The Labute approximate surface area is 143 Å². The van der Waals surface area contributed by atoms with Gasteiger partial charge in [-0.15, -0.1) is 0 Å². The first-order valence-corrected chi connectivity index (χ1v) is 24.7. The summed E-state index contributed by atoms with van der Waals surface area (Å²) < 4.78 is 8.23. The summed E-state index contributed by atoms with van der Waals surface area (Å²) in [5, 5.41) is 0. The van der Waals surface area contributed by atoms with Gasteiger partial charge in [0.05, 0.1) is 14.6 Å². The van der Waals surface area contributed by atoms with E-state index in [2.05, 4.69) is 82.6 Å². The predicted octanol–water partition coefficient (Wildman–Crippen LogP) is 6.94. The van der Waals surface area contributed by atoms with Crippen molar-refractivity contribution in [2.24, 2.45) is 4.41 Å². The van der Waals surface area contributed by atoms with Gasteiger partial charge in [-0.1, -0.05) is 70.2 Å². The van der Waals surface area contributed by atoms with E-state index in [1.54, 1.807) is 0 Å². The van der Waals surface area contributed by atoms with Crippen LogP contribution in [0.25, 0.3) is 0 Å². The van der Waals surface area contributed by atoms with Crippen molar-refractivity contribution in [3.05, 3.63) is 0 Å². The minimum atomic E-state index is -1.89. The summed E-state index contributed by atoms with van der Waals surface area (Å²) in [6.45, 7) is 27.1. The number of hydrogen-bond acceptors (Lipinski definition) is 1. The molecule has 21 heavy (non-hydrogen) atoms. The molecule has 0 aliphatic carbocycles. The molecule has 2 nitrogen and oxygen atoms in total. The Morgan fingerprint density at radius 1 is 0.762 bits per heavy atom. The molecule has 0 N–H and O–H groups in total. The van der Waals surface area contributed by atoms with E-state index in [1.807, 2.05) is 0 Å². The molecule has 0 bridgehead atoms. The van der Waals surface area contributed by atoms with E-state index in [4.69, 9.17) is 15.7 Å². The van der Waals surface area contributed by atoms with Gasteiger partial charge in [-0.25, -0.2) is 0 Å². The zero-order valence-corrected chi connectivity index (χ0v) is 22.1. The highest BCUT2D eigenvalue weighted by atomic mass is 35.7. The maximum atomic E-state index is 7.45. The van der Waals surface area contributed by atoms with E-state index in [1.165, 1.54) is 5.79 Å². The number of rotatable bonds is 6. The lowest BCUT2D eigenvalue weighted by Gasteiger charge is -2.50. The molecule has 128 valence electrons. The molecule has 0 spiro atoms. The second-order valence-electron chi connectivity index (χ2n) is 10.3. The van der Waals surface area contributed by atoms with E-state index in [9.17, 15) is 0 Å². The summed E-state index contributed by atoms with van der Waals surface area (Å²) in [5.41, 5.74) is 0. The molecule has 0 aromatic heterocycles. The Bertz CT molecular complexity index is 400. The molecular formula is C13H38ClN2PSi4. The first kappa shape index (κ1) is 22.3. The van der Waals surface area contributed by atoms with Crippen molar-refractivity contribution in [3.8, 4) is 0 Å². The standard InChI is InChI=1S/C13H38ClN2PSi4/c1-18(2,3)13-17(14,15-19(4,5)6)16(20(7,8)9)21(10,11)12/h13H2,1-12H3. The van der Waals surface area contributed by atoms with Crippen molar-refractivity contribution < 1.29 is 0 Å². The average molecular weight is 401 g/mol. The molecule has 0 aromatic carbocycles. The molecule has 1 atom stereocenters. The lowest BCUT2D eigenvalue weighted by Crippen LogP contribution is -2.57. The molecule has 8 heteroatoms. The molecule has 0 fully saturated rings. The van der Waals surface area contributed by atoms with Crippen LogP contribution in [0.15, 0.2) is 4.41 Å². The Hall–Kier alpha value is 1.35. The van der Waals surface area contributed by atoms with Crippen LogP contribution in [0.5, 0.6) is 0 Å². The molecular weight excluding hydrogens is 363 g/mol. The largest absolute Gasteiger partial charge is 0.313 e. The van der Waals surface area contributed by atoms with Gasteiger partial charge in [-0.2, -0.15) is 0 Å². The lowest BCUT2D eigenvalue weighted by atomic mass is 11.8. The van der Waals surface area contributed by atoms with Crippen LogP contribution in [0.2, 0.25) is 78.6 Å². The van der Waals surface area contributed by atoms with Crippen molar-refractivity contribution >= 4 is 50.6 Å². The molecule has 1 unspecified atom stereocenters. The number of nitrogens with zero attached hydrogens (tertiary/aromatic N) is 2. The zero-order chi connectivity index (χ0) is 17.5. The van der Waals surface area contributed by atoms with Crippen LogP contribution in [0, 0.1) is 0 Å². The lowest BCUT2D eigenvalue weighted by molar-refractivity contribution is 0.969. The van der Waals surface area contributed by atoms with Crippen molar-refractivity contribution in [1.82, 2.24) is 4.00 Å². The quantitative estimate of drug-likeness (QED) is 0.348. The summed E-state index contributed by atoms with van der Waals surface area (Å²) >= 11 is 7.45. The van der Waals surface area contributed by atoms with Crippen LogP contribution in [-0.4, -0.2) is 42.6 Å². The Kier molecular flexibility index (Phi) is 7.12. The summed E-state index contributed by atoms with van der Waals surface area (Å²) in [5.74, 6) is 1.17. The molecule has 0 rings (SSSR count). The first-order valence-electron chi connectivity index (χ1n) is 7.91. The minimum Gasteiger partial charge on any atom is -0.313 e. The van der Waals surface area contributed by atoms with Crippen molar-refractivity contribution in [2.45, 2.75) is 78.6 Å². The maximum absolute atomic E-state index is 7.45. The fourth-order valence-corrected chi connectivity index (χ4v) is 40.3. The third kappa shape index (κ3) is 8.13. The van der Waals surface area contributed by atoms with Gasteiger partial charge in [0.15, 0.2) is 8.24 Å². The Morgan fingerprint density at radius 3 is 1.29 bits per heavy atom. The maximum Gasteiger partial charge on any atom is 0.173 e. The summed E-state index contributed by atoms with van der Waals surface area (Å²) in [6, 6.07) is 0. The van der Waals surface area contributed by atoms with Gasteiger partial charge in [-0.05, 0) is 19.6 Å². The van der Waals surface area contributed by atoms with Crippen LogP contribution in [0.4, 0.5) is 0 Å². The van der Waals surface area contributed by atoms with Crippen LogP contribution in [0.3, 0.4) is 0 Å². The smallest absolute Gasteiger partial charge is 0.173 e. The highest BCUT2D eigenvalue weighted by Crippen LogP contribution is 2.64. The Morgan fingerprint density at radius 2 is 1.10 bits per heavy atom. The van der Waals surface area contributed by atoms with Crippen LogP contribution >= 0.6 is 17.8 Å². The summed E-state index contributed by atoms with van der Waals surface area (Å²) in [6.07, 6.45) is 0. The van der Waals surface area contributed by atoms with E-state index in [0.717, 1.165) is 0 Å². The van der Waals surface area contributed by atoms with Gasteiger partial charge < -0.3 is 8.41 Å². The number of halogens is 1. The van der Waals surface area contributed by atoms with Gasteiger partial charge in [0.25, 0.3) is 0 Å². The normalized spacial score (nSPS) is 17.8. The Balaban J connectivity index is 6.30.